The molecule has 3 aromatic heterocycles. The van der Waals surface area contributed by atoms with Crippen molar-refractivity contribution in [2.24, 2.45) is 0 Å². The molecule has 4 nitrogen and oxygen atoms in total. The molecule has 27 heavy (non-hydrogen) atoms. The molecule has 0 unspecified atom stereocenters. The normalized spacial score (nSPS) is 11.1. The number of thiazole rings is 1. The standard InChI is InChI=1S/C20H16BrN3OS2/c1-12-9-13(2)18-16(10-12)27-20(23-18)24(11-14-5-3-4-8-22-14)19(25)15-6-7-17(21)26-15/h3-10H,11H2,1-2H3. The molecule has 1 aromatic carbocycles. The Morgan fingerprint density at radius 3 is 2.70 bits per heavy atom. The zero-order valence-corrected chi connectivity index (χ0v) is 18.0. The summed E-state index contributed by atoms with van der Waals surface area (Å²) in [4.78, 5) is 24.8. The predicted octanol–water partition coefficient (Wildman–Crippen LogP) is 5.98. The van der Waals surface area contributed by atoms with Gasteiger partial charge in [0.15, 0.2) is 5.13 Å². The van der Waals surface area contributed by atoms with E-state index in [9.17, 15) is 4.79 Å². The summed E-state index contributed by atoms with van der Waals surface area (Å²) in [6.45, 7) is 4.51. The summed E-state index contributed by atoms with van der Waals surface area (Å²) in [6.07, 6.45) is 1.74. The van der Waals surface area contributed by atoms with Crippen molar-refractivity contribution < 1.29 is 4.79 Å². The van der Waals surface area contributed by atoms with Crippen LogP contribution in [0, 0.1) is 13.8 Å². The minimum Gasteiger partial charge on any atom is -0.277 e. The van der Waals surface area contributed by atoms with Crippen LogP contribution in [0.2, 0.25) is 0 Å². The van der Waals surface area contributed by atoms with Crippen molar-refractivity contribution in [3.8, 4) is 0 Å². The molecule has 0 bridgehead atoms. The van der Waals surface area contributed by atoms with Gasteiger partial charge in [-0.1, -0.05) is 23.5 Å². The minimum absolute atomic E-state index is 0.0650. The first-order chi connectivity index (χ1) is 13.0. The van der Waals surface area contributed by atoms with Gasteiger partial charge in [0.2, 0.25) is 0 Å². The first kappa shape index (κ1) is 18.3. The molecule has 0 atom stereocenters. The third-order valence-corrected chi connectivity index (χ3v) is 6.76. The highest BCUT2D eigenvalue weighted by Crippen LogP contribution is 2.34. The Labute approximate surface area is 173 Å². The number of hydrogen-bond acceptors (Lipinski definition) is 5. The van der Waals surface area contributed by atoms with E-state index in [0.717, 1.165) is 25.3 Å². The number of fused-ring (bicyclic) bond motifs is 1. The molecule has 0 radical (unpaired) electrons. The molecule has 0 fully saturated rings. The molecule has 4 aromatic rings. The molecular weight excluding hydrogens is 442 g/mol. The number of rotatable bonds is 4. The van der Waals surface area contributed by atoms with Gasteiger partial charge >= 0.3 is 0 Å². The summed E-state index contributed by atoms with van der Waals surface area (Å²) in [6, 6.07) is 13.7. The molecule has 0 spiro atoms. The maximum atomic E-state index is 13.2. The van der Waals surface area contributed by atoms with E-state index in [-0.39, 0.29) is 5.91 Å². The number of carbonyl (C=O) groups is 1. The van der Waals surface area contributed by atoms with Crippen LogP contribution in [0.25, 0.3) is 10.2 Å². The van der Waals surface area contributed by atoms with Crippen LogP contribution in [0.15, 0.2) is 52.4 Å². The smallest absolute Gasteiger partial charge is 0.270 e. The number of anilines is 1. The maximum Gasteiger partial charge on any atom is 0.270 e. The van der Waals surface area contributed by atoms with Gasteiger partial charge in [-0.3, -0.25) is 14.7 Å². The number of thiophene rings is 1. The number of carbonyl (C=O) groups excluding carboxylic acids is 1. The minimum atomic E-state index is -0.0650. The van der Waals surface area contributed by atoms with Crippen molar-refractivity contribution in [2.75, 3.05) is 4.90 Å². The maximum absolute atomic E-state index is 13.2. The highest BCUT2D eigenvalue weighted by molar-refractivity contribution is 9.11. The number of aryl methyl sites for hydroxylation is 2. The summed E-state index contributed by atoms with van der Waals surface area (Å²) in [5.74, 6) is -0.0650. The van der Waals surface area contributed by atoms with Crippen LogP contribution in [-0.2, 0) is 6.54 Å². The molecule has 136 valence electrons. The Kier molecular flexibility index (Phi) is 5.08. The third kappa shape index (κ3) is 3.81. The molecular formula is C20H16BrN3OS2. The van der Waals surface area contributed by atoms with E-state index >= 15 is 0 Å². The summed E-state index contributed by atoms with van der Waals surface area (Å²) in [5, 5.41) is 0.693. The highest BCUT2D eigenvalue weighted by atomic mass is 79.9. The Morgan fingerprint density at radius 1 is 1.15 bits per heavy atom. The highest BCUT2D eigenvalue weighted by Gasteiger charge is 2.24. The van der Waals surface area contributed by atoms with E-state index < -0.39 is 0 Å². The number of benzene rings is 1. The Balaban J connectivity index is 1.79. The number of amides is 1. The molecule has 0 aliphatic carbocycles. The molecule has 1 amide bonds. The van der Waals surface area contributed by atoms with Gasteiger partial charge in [0.1, 0.15) is 0 Å². The summed E-state index contributed by atoms with van der Waals surface area (Å²) in [5.41, 5.74) is 4.09. The molecule has 0 aliphatic heterocycles. The zero-order valence-electron chi connectivity index (χ0n) is 14.8. The zero-order chi connectivity index (χ0) is 19.0. The fraction of sp³-hybridized carbons (Fsp3) is 0.150. The van der Waals surface area contributed by atoms with Crippen LogP contribution >= 0.6 is 38.6 Å². The van der Waals surface area contributed by atoms with Gasteiger partial charge in [-0.15, -0.1) is 11.3 Å². The van der Waals surface area contributed by atoms with E-state index in [1.165, 1.54) is 16.9 Å². The fourth-order valence-corrected chi connectivity index (χ4v) is 5.39. The first-order valence-electron chi connectivity index (χ1n) is 8.36. The van der Waals surface area contributed by atoms with Crippen molar-refractivity contribution in [1.82, 2.24) is 9.97 Å². The van der Waals surface area contributed by atoms with Crippen LogP contribution in [0.4, 0.5) is 5.13 Å². The number of hydrogen-bond donors (Lipinski definition) is 0. The van der Waals surface area contributed by atoms with E-state index in [1.807, 2.05) is 30.3 Å². The van der Waals surface area contributed by atoms with Gasteiger partial charge in [-0.05, 0) is 71.2 Å². The second-order valence-electron chi connectivity index (χ2n) is 6.24. The molecule has 0 N–H and O–H groups in total. The number of pyridine rings is 1. The van der Waals surface area contributed by atoms with Gasteiger partial charge in [0.25, 0.3) is 5.91 Å². The van der Waals surface area contributed by atoms with Crippen LogP contribution in [0.1, 0.15) is 26.5 Å². The Bertz CT molecular complexity index is 1120. The lowest BCUT2D eigenvalue weighted by molar-refractivity contribution is 0.0988. The van der Waals surface area contributed by atoms with E-state index in [2.05, 4.69) is 46.9 Å². The monoisotopic (exact) mass is 457 g/mol. The number of aromatic nitrogens is 2. The van der Waals surface area contributed by atoms with Crippen molar-refractivity contribution in [3.63, 3.8) is 0 Å². The van der Waals surface area contributed by atoms with E-state index in [1.54, 1.807) is 22.4 Å². The number of nitrogens with zero attached hydrogens (tertiary/aromatic N) is 3. The molecule has 0 saturated carbocycles. The Morgan fingerprint density at radius 2 is 2.00 bits per heavy atom. The average Bonchev–Trinajstić information content (AvgIpc) is 3.26. The van der Waals surface area contributed by atoms with E-state index in [0.29, 0.717) is 16.6 Å². The van der Waals surface area contributed by atoms with Crippen molar-refractivity contribution in [3.05, 3.63) is 74.1 Å². The quantitative estimate of drug-likeness (QED) is 0.378. The first-order valence-corrected chi connectivity index (χ1v) is 10.8. The molecule has 3 heterocycles. The van der Waals surface area contributed by atoms with Crippen LogP contribution < -0.4 is 4.90 Å². The largest absolute Gasteiger partial charge is 0.277 e. The van der Waals surface area contributed by atoms with Gasteiger partial charge in [-0.25, -0.2) is 4.98 Å². The van der Waals surface area contributed by atoms with Gasteiger partial charge in [-0.2, -0.15) is 0 Å². The average molecular weight is 458 g/mol. The molecule has 7 heteroatoms. The van der Waals surface area contributed by atoms with Crippen LogP contribution in [-0.4, -0.2) is 15.9 Å². The lowest BCUT2D eigenvalue weighted by Crippen LogP contribution is -2.30. The Hall–Kier alpha value is -2.09. The van der Waals surface area contributed by atoms with Gasteiger partial charge in [0, 0.05) is 6.20 Å². The van der Waals surface area contributed by atoms with Crippen LogP contribution in [0.5, 0.6) is 0 Å². The summed E-state index contributed by atoms with van der Waals surface area (Å²) >= 11 is 6.41. The molecule has 0 saturated heterocycles. The SMILES string of the molecule is Cc1cc(C)c2nc(N(Cc3ccccn3)C(=O)c3ccc(Br)s3)sc2c1. The summed E-state index contributed by atoms with van der Waals surface area (Å²) < 4.78 is 2.02. The van der Waals surface area contributed by atoms with E-state index in [4.69, 9.17) is 4.98 Å². The molecule has 4 rings (SSSR count). The third-order valence-electron chi connectivity index (χ3n) is 4.12. The second kappa shape index (κ2) is 7.50. The molecule has 0 aliphatic rings. The lowest BCUT2D eigenvalue weighted by Gasteiger charge is -2.18. The van der Waals surface area contributed by atoms with Crippen LogP contribution in [0.3, 0.4) is 0 Å². The fourth-order valence-electron chi connectivity index (χ4n) is 2.92. The second-order valence-corrected chi connectivity index (χ2v) is 9.71. The van der Waals surface area contributed by atoms with Gasteiger partial charge in [0.05, 0.1) is 31.1 Å². The van der Waals surface area contributed by atoms with Gasteiger partial charge < -0.3 is 0 Å². The topological polar surface area (TPSA) is 46.1 Å². The van der Waals surface area contributed by atoms with Crippen molar-refractivity contribution >= 4 is 59.9 Å². The number of halogens is 1. The van der Waals surface area contributed by atoms with Crippen molar-refractivity contribution in [1.29, 1.82) is 0 Å². The predicted molar refractivity (Wildman–Crippen MR) is 116 cm³/mol. The summed E-state index contributed by atoms with van der Waals surface area (Å²) in [7, 11) is 0. The lowest BCUT2D eigenvalue weighted by atomic mass is 10.1. The van der Waals surface area contributed by atoms with Crippen molar-refractivity contribution in [2.45, 2.75) is 20.4 Å².